The second-order valence-electron chi connectivity index (χ2n) is 4.99. The Bertz CT molecular complexity index is 1000. The fourth-order valence-electron chi connectivity index (χ4n) is 1.99. The topological polar surface area (TPSA) is 95.1 Å². The molecule has 1 amide bonds. The Hall–Kier alpha value is -1.74. The Morgan fingerprint density at radius 3 is 2.88 bits per heavy atom. The van der Waals surface area contributed by atoms with Crippen LogP contribution in [0.15, 0.2) is 33.4 Å². The van der Waals surface area contributed by atoms with Crippen LogP contribution in [0.1, 0.15) is 5.56 Å². The SMILES string of the molecule is O=C(CSc1nc2[nH]c(=O)cc(O)c2s1)NCc1ccc(Cl)c(Cl)c1. The van der Waals surface area contributed by atoms with Gasteiger partial charge in [0.15, 0.2) is 9.99 Å². The molecular weight excluding hydrogens is 405 g/mol. The van der Waals surface area contributed by atoms with Gasteiger partial charge in [0, 0.05) is 12.6 Å². The van der Waals surface area contributed by atoms with Crippen LogP contribution >= 0.6 is 46.3 Å². The number of pyridine rings is 1. The van der Waals surface area contributed by atoms with Crippen LogP contribution in [-0.2, 0) is 11.3 Å². The lowest BCUT2D eigenvalue weighted by atomic mass is 10.2. The zero-order valence-electron chi connectivity index (χ0n) is 12.5. The Labute approximate surface area is 160 Å². The van der Waals surface area contributed by atoms with Crippen molar-refractivity contribution in [1.29, 1.82) is 0 Å². The van der Waals surface area contributed by atoms with Crippen LogP contribution in [0.5, 0.6) is 5.75 Å². The van der Waals surface area contributed by atoms with Crippen molar-refractivity contribution < 1.29 is 9.90 Å². The number of nitrogens with one attached hydrogen (secondary N) is 2. The number of hydrogen-bond acceptors (Lipinski definition) is 6. The number of rotatable bonds is 5. The quantitative estimate of drug-likeness (QED) is 0.554. The molecule has 0 fully saturated rings. The van der Waals surface area contributed by atoms with E-state index >= 15 is 0 Å². The number of nitrogens with zero attached hydrogens (tertiary/aromatic N) is 1. The van der Waals surface area contributed by atoms with Crippen molar-refractivity contribution in [2.24, 2.45) is 0 Å². The van der Waals surface area contributed by atoms with Gasteiger partial charge in [0.05, 0.1) is 15.8 Å². The number of halogens is 2. The summed E-state index contributed by atoms with van der Waals surface area (Å²) in [5.74, 6) is -0.133. The molecule has 0 spiro atoms. The fourth-order valence-corrected chi connectivity index (χ4v) is 4.16. The summed E-state index contributed by atoms with van der Waals surface area (Å²) >= 11 is 14.2. The van der Waals surface area contributed by atoms with Crippen molar-refractivity contribution in [1.82, 2.24) is 15.3 Å². The summed E-state index contributed by atoms with van der Waals surface area (Å²) in [5.41, 5.74) is 0.732. The first-order chi connectivity index (χ1) is 11.9. The van der Waals surface area contributed by atoms with E-state index in [1.165, 1.54) is 23.1 Å². The number of aromatic amines is 1. The molecule has 10 heteroatoms. The number of aromatic nitrogens is 2. The second kappa shape index (κ2) is 7.65. The van der Waals surface area contributed by atoms with E-state index in [1.807, 2.05) is 0 Å². The molecule has 1 aromatic carbocycles. The molecular formula is C15H11Cl2N3O3S2. The standard InChI is InChI=1S/C15H11Cl2N3O3S2/c16-8-2-1-7(3-9(8)17)5-18-12(23)6-24-15-20-14-13(25-15)10(21)4-11(22)19-14/h1-4H,5-6H2,(H,18,23)(H2,19,21,22). The van der Waals surface area contributed by atoms with Crippen molar-refractivity contribution in [2.45, 2.75) is 10.9 Å². The van der Waals surface area contributed by atoms with Crippen molar-refractivity contribution in [3.05, 3.63) is 50.2 Å². The Morgan fingerprint density at radius 2 is 2.12 bits per heavy atom. The molecule has 0 saturated carbocycles. The van der Waals surface area contributed by atoms with Gasteiger partial charge in [0.2, 0.25) is 5.91 Å². The van der Waals surface area contributed by atoms with Crippen molar-refractivity contribution >= 4 is 62.6 Å². The fraction of sp³-hybridized carbons (Fsp3) is 0.133. The molecule has 0 radical (unpaired) electrons. The zero-order valence-corrected chi connectivity index (χ0v) is 15.7. The summed E-state index contributed by atoms with van der Waals surface area (Å²) < 4.78 is 1.06. The van der Waals surface area contributed by atoms with Gasteiger partial charge >= 0.3 is 0 Å². The van der Waals surface area contributed by atoms with Crippen LogP contribution in [0, 0.1) is 0 Å². The molecule has 0 bridgehead atoms. The number of thiazole rings is 1. The number of thioether (sulfide) groups is 1. The Morgan fingerprint density at radius 1 is 1.32 bits per heavy atom. The van der Waals surface area contributed by atoms with Crippen molar-refractivity contribution in [2.75, 3.05) is 5.75 Å². The van der Waals surface area contributed by atoms with E-state index in [2.05, 4.69) is 15.3 Å². The number of H-pyrrole nitrogens is 1. The molecule has 3 aromatic rings. The van der Waals surface area contributed by atoms with E-state index in [9.17, 15) is 14.7 Å². The van der Waals surface area contributed by atoms with Gasteiger partial charge in [-0.25, -0.2) is 4.98 Å². The van der Waals surface area contributed by atoms with Gasteiger partial charge < -0.3 is 15.4 Å². The molecule has 6 nitrogen and oxygen atoms in total. The van der Waals surface area contributed by atoms with Gasteiger partial charge in [-0.3, -0.25) is 9.59 Å². The molecule has 0 aliphatic heterocycles. The molecule has 3 rings (SSSR count). The third-order valence-electron chi connectivity index (χ3n) is 3.15. The van der Waals surface area contributed by atoms with Gasteiger partial charge in [0.25, 0.3) is 5.56 Å². The van der Waals surface area contributed by atoms with Crippen LogP contribution in [0.25, 0.3) is 10.3 Å². The molecule has 0 aliphatic rings. The molecule has 3 N–H and O–H groups in total. The first-order valence-corrected chi connectivity index (χ1v) is 9.54. The van der Waals surface area contributed by atoms with Crippen LogP contribution in [0.4, 0.5) is 0 Å². The monoisotopic (exact) mass is 415 g/mol. The van der Waals surface area contributed by atoms with Crippen LogP contribution in [-0.4, -0.2) is 26.7 Å². The maximum absolute atomic E-state index is 12.0. The number of benzene rings is 1. The third kappa shape index (κ3) is 4.46. The highest BCUT2D eigenvalue weighted by molar-refractivity contribution is 8.01. The van der Waals surface area contributed by atoms with Crippen molar-refractivity contribution in [3.8, 4) is 5.75 Å². The summed E-state index contributed by atoms with van der Waals surface area (Å²) in [6.45, 7) is 0.338. The minimum absolute atomic E-state index is 0.118. The normalized spacial score (nSPS) is 11.0. The van der Waals surface area contributed by atoms with E-state index in [0.717, 1.165) is 11.6 Å². The lowest BCUT2D eigenvalue weighted by Gasteiger charge is -2.05. The first-order valence-electron chi connectivity index (χ1n) is 6.98. The first kappa shape index (κ1) is 18.1. The summed E-state index contributed by atoms with van der Waals surface area (Å²) in [5, 5.41) is 13.4. The summed E-state index contributed by atoms with van der Waals surface area (Å²) in [6.07, 6.45) is 0. The molecule has 0 saturated heterocycles. The molecule has 2 heterocycles. The maximum Gasteiger partial charge on any atom is 0.253 e. The molecule has 2 aromatic heterocycles. The number of carbonyl (C=O) groups is 1. The number of aromatic hydroxyl groups is 1. The van der Waals surface area contributed by atoms with E-state index in [-0.39, 0.29) is 17.4 Å². The predicted molar refractivity (Wildman–Crippen MR) is 101 cm³/mol. The van der Waals surface area contributed by atoms with Crippen molar-refractivity contribution in [3.63, 3.8) is 0 Å². The average Bonchev–Trinajstić information content (AvgIpc) is 2.97. The number of hydrogen-bond donors (Lipinski definition) is 3. The summed E-state index contributed by atoms with van der Waals surface area (Å²) in [4.78, 5) is 30.0. The number of fused-ring (bicyclic) bond motifs is 1. The van der Waals surface area contributed by atoms with Crippen LogP contribution in [0.2, 0.25) is 10.0 Å². The highest BCUT2D eigenvalue weighted by Crippen LogP contribution is 2.32. The number of amides is 1. The van der Waals surface area contributed by atoms with Crippen LogP contribution < -0.4 is 10.9 Å². The highest BCUT2D eigenvalue weighted by atomic mass is 35.5. The lowest BCUT2D eigenvalue weighted by molar-refractivity contribution is -0.118. The molecule has 0 unspecified atom stereocenters. The molecule has 0 aliphatic carbocycles. The second-order valence-corrected chi connectivity index (χ2v) is 8.03. The molecule has 0 atom stereocenters. The van der Waals surface area contributed by atoms with Gasteiger partial charge in [-0.05, 0) is 17.7 Å². The maximum atomic E-state index is 12.0. The highest BCUT2D eigenvalue weighted by Gasteiger charge is 2.11. The Balaban J connectivity index is 1.58. The lowest BCUT2D eigenvalue weighted by Crippen LogP contribution is -2.24. The van der Waals surface area contributed by atoms with E-state index in [0.29, 0.717) is 31.3 Å². The number of carbonyl (C=O) groups excluding carboxylic acids is 1. The Kier molecular flexibility index (Phi) is 5.53. The van der Waals surface area contributed by atoms with E-state index in [1.54, 1.807) is 18.2 Å². The zero-order chi connectivity index (χ0) is 18.0. The van der Waals surface area contributed by atoms with Gasteiger partial charge in [-0.15, -0.1) is 11.3 Å². The smallest absolute Gasteiger partial charge is 0.253 e. The third-order valence-corrected chi connectivity index (χ3v) is 6.11. The summed E-state index contributed by atoms with van der Waals surface area (Å²) in [6, 6.07) is 6.26. The van der Waals surface area contributed by atoms with E-state index in [4.69, 9.17) is 23.2 Å². The van der Waals surface area contributed by atoms with E-state index < -0.39 is 5.56 Å². The van der Waals surface area contributed by atoms with Crippen LogP contribution in [0.3, 0.4) is 0 Å². The van der Waals surface area contributed by atoms with Gasteiger partial charge in [-0.1, -0.05) is 41.0 Å². The predicted octanol–water partition coefficient (Wildman–Crippen LogP) is 3.41. The summed E-state index contributed by atoms with van der Waals surface area (Å²) in [7, 11) is 0. The van der Waals surface area contributed by atoms with Gasteiger partial charge in [0.1, 0.15) is 10.4 Å². The average molecular weight is 416 g/mol. The minimum atomic E-state index is -0.425. The minimum Gasteiger partial charge on any atom is -0.506 e. The largest absolute Gasteiger partial charge is 0.506 e. The molecule has 25 heavy (non-hydrogen) atoms. The molecule has 130 valence electrons. The van der Waals surface area contributed by atoms with Gasteiger partial charge in [-0.2, -0.15) is 0 Å².